The zero-order valence-electron chi connectivity index (χ0n) is 11.7. The summed E-state index contributed by atoms with van der Waals surface area (Å²) in [5.41, 5.74) is 0.819. The molecule has 1 aliphatic carbocycles. The number of hydrogen-bond acceptors (Lipinski definition) is 5. The molecule has 5 heteroatoms. The van der Waals surface area contributed by atoms with E-state index >= 15 is 0 Å². The van der Waals surface area contributed by atoms with Crippen LogP contribution in [0.1, 0.15) is 27.1 Å². The predicted molar refractivity (Wildman–Crippen MR) is 75.5 cm³/mol. The predicted octanol–water partition coefficient (Wildman–Crippen LogP) is 2.12. The van der Waals surface area contributed by atoms with Gasteiger partial charge < -0.3 is 9.47 Å². The number of allylic oxidation sites excluding steroid dienone is 3. The molecule has 0 aliphatic heterocycles. The Hall–Kier alpha value is -2.69. The number of carbonyl (C=O) groups excluding carboxylic acids is 3. The Labute approximate surface area is 121 Å². The minimum Gasteiger partial charge on any atom is -0.496 e. The molecule has 21 heavy (non-hydrogen) atoms. The number of benzene rings is 1. The number of esters is 1. The summed E-state index contributed by atoms with van der Waals surface area (Å²) in [6.07, 6.45) is 4.24. The number of hydrogen-bond donors (Lipinski definition) is 0. The second-order valence-electron chi connectivity index (χ2n) is 4.36. The standard InChI is InChI=1S/C16H14O5/c1-20-13-7-4-6-11-15(13)12(17)9-10(16(11)19)5-3-8-14(18)21-2/h3-7,9H,8H2,1-2H3/b5-3-. The van der Waals surface area contributed by atoms with E-state index in [1.807, 2.05) is 0 Å². The summed E-state index contributed by atoms with van der Waals surface area (Å²) in [6, 6.07) is 4.87. The molecule has 1 aromatic rings. The van der Waals surface area contributed by atoms with Gasteiger partial charge in [0.15, 0.2) is 11.6 Å². The van der Waals surface area contributed by atoms with Crippen LogP contribution in [0, 0.1) is 0 Å². The fourth-order valence-electron chi connectivity index (χ4n) is 2.07. The molecule has 108 valence electrons. The van der Waals surface area contributed by atoms with E-state index in [2.05, 4.69) is 4.74 Å². The van der Waals surface area contributed by atoms with Gasteiger partial charge >= 0.3 is 5.97 Å². The van der Waals surface area contributed by atoms with Gasteiger partial charge in [0, 0.05) is 11.1 Å². The Morgan fingerprint density at radius 2 is 2.00 bits per heavy atom. The molecule has 0 spiro atoms. The van der Waals surface area contributed by atoms with Crippen molar-refractivity contribution in [1.82, 2.24) is 0 Å². The van der Waals surface area contributed by atoms with E-state index in [9.17, 15) is 14.4 Å². The highest BCUT2D eigenvalue weighted by atomic mass is 16.5. The Bertz CT molecular complexity index is 667. The minimum absolute atomic E-state index is 0.0419. The molecule has 0 fully saturated rings. The number of methoxy groups -OCH3 is 2. The third kappa shape index (κ3) is 2.91. The van der Waals surface area contributed by atoms with Crippen molar-refractivity contribution in [2.45, 2.75) is 6.42 Å². The van der Waals surface area contributed by atoms with E-state index in [0.29, 0.717) is 11.3 Å². The van der Waals surface area contributed by atoms with E-state index in [1.54, 1.807) is 18.2 Å². The summed E-state index contributed by atoms with van der Waals surface area (Å²) >= 11 is 0. The Morgan fingerprint density at radius 3 is 2.67 bits per heavy atom. The van der Waals surface area contributed by atoms with Crippen molar-refractivity contribution in [1.29, 1.82) is 0 Å². The SMILES string of the molecule is COC(=O)C/C=C\C1=CC(=O)c2c(OC)cccc2C1=O. The Balaban J connectivity index is 2.32. The van der Waals surface area contributed by atoms with Gasteiger partial charge in [-0.15, -0.1) is 0 Å². The molecule has 1 aliphatic rings. The lowest BCUT2D eigenvalue weighted by Crippen LogP contribution is -2.17. The highest BCUT2D eigenvalue weighted by Crippen LogP contribution is 2.29. The summed E-state index contributed by atoms with van der Waals surface area (Å²) in [5.74, 6) is -0.604. The molecule has 0 amide bonds. The molecule has 0 atom stereocenters. The van der Waals surface area contributed by atoms with Crippen molar-refractivity contribution in [2.24, 2.45) is 0 Å². The summed E-state index contributed by atoms with van der Waals surface area (Å²) in [7, 11) is 2.73. The van der Waals surface area contributed by atoms with Gasteiger partial charge in [0.1, 0.15) is 5.75 Å². The first-order valence-corrected chi connectivity index (χ1v) is 6.29. The topological polar surface area (TPSA) is 69.7 Å². The molecular formula is C16H14O5. The van der Waals surface area contributed by atoms with E-state index in [1.165, 1.54) is 32.4 Å². The van der Waals surface area contributed by atoms with Crippen LogP contribution >= 0.6 is 0 Å². The van der Waals surface area contributed by atoms with Crippen molar-refractivity contribution < 1.29 is 23.9 Å². The fourth-order valence-corrected chi connectivity index (χ4v) is 2.07. The first kappa shape index (κ1) is 14.7. The maximum atomic E-state index is 12.3. The fraction of sp³-hybridized carbons (Fsp3) is 0.188. The normalized spacial score (nSPS) is 13.9. The van der Waals surface area contributed by atoms with E-state index in [0.717, 1.165) is 0 Å². The zero-order valence-corrected chi connectivity index (χ0v) is 11.7. The van der Waals surface area contributed by atoms with Gasteiger partial charge in [-0.2, -0.15) is 0 Å². The number of rotatable bonds is 4. The van der Waals surface area contributed by atoms with Crippen LogP contribution in [-0.2, 0) is 9.53 Å². The molecule has 0 heterocycles. The molecule has 0 radical (unpaired) electrons. The maximum absolute atomic E-state index is 12.3. The van der Waals surface area contributed by atoms with E-state index in [4.69, 9.17) is 4.74 Å². The lowest BCUT2D eigenvalue weighted by atomic mass is 9.88. The third-order valence-electron chi connectivity index (χ3n) is 3.10. The monoisotopic (exact) mass is 286 g/mol. The average Bonchev–Trinajstić information content (AvgIpc) is 2.50. The molecule has 5 nitrogen and oxygen atoms in total. The van der Waals surface area contributed by atoms with Crippen LogP contribution < -0.4 is 4.74 Å². The van der Waals surface area contributed by atoms with E-state index < -0.39 is 5.97 Å². The third-order valence-corrected chi connectivity index (χ3v) is 3.10. The summed E-state index contributed by atoms with van der Waals surface area (Å²) in [4.78, 5) is 35.5. The first-order valence-electron chi connectivity index (χ1n) is 6.29. The molecule has 0 saturated carbocycles. The van der Waals surface area contributed by atoms with Gasteiger partial charge in [-0.3, -0.25) is 14.4 Å². The van der Waals surface area contributed by atoms with Gasteiger partial charge in [0.05, 0.1) is 26.2 Å². The first-order chi connectivity index (χ1) is 10.1. The number of fused-ring (bicyclic) bond motifs is 1. The van der Waals surface area contributed by atoms with Crippen LogP contribution in [0.25, 0.3) is 0 Å². The van der Waals surface area contributed by atoms with Crippen molar-refractivity contribution in [3.63, 3.8) is 0 Å². The van der Waals surface area contributed by atoms with Gasteiger partial charge in [0.2, 0.25) is 0 Å². The molecule has 0 N–H and O–H groups in total. The number of ether oxygens (including phenoxy) is 2. The summed E-state index contributed by atoms with van der Waals surface area (Å²) in [5, 5.41) is 0. The quantitative estimate of drug-likeness (QED) is 0.793. The maximum Gasteiger partial charge on any atom is 0.309 e. The smallest absolute Gasteiger partial charge is 0.309 e. The van der Waals surface area contributed by atoms with Crippen molar-refractivity contribution in [2.75, 3.05) is 14.2 Å². The van der Waals surface area contributed by atoms with Gasteiger partial charge in [-0.1, -0.05) is 24.3 Å². The van der Waals surface area contributed by atoms with Crippen molar-refractivity contribution in [3.05, 3.63) is 53.1 Å². The van der Waals surface area contributed by atoms with Crippen LogP contribution in [0.2, 0.25) is 0 Å². The number of carbonyl (C=O) groups is 3. The summed E-state index contributed by atoms with van der Waals surface area (Å²) < 4.78 is 9.61. The van der Waals surface area contributed by atoms with Crippen LogP contribution in [0.3, 0.4) is 0 Å². The van der Waals surface area contributed by atoms with E-state index in [-0.39, 0.29) is 29.1 Å². The molecule has 0 aromatic heterocycles. The van der Waals surface area contributed by atoms with Crippen molar-refractivity contribution in [3.8, 4) is 5.75 Å². The lowest BCUT2D eigenvalue weighted by Gasteiger charge is -2.15. The highest BCUT2D eigenvalue weighted by Gasteiger charge is 2.27. The molecule has 0 bridgehead atoms. The van der Waals surface area contributed by atoms with Crippen LogP contribution in [0.4, 0.5) is 0 Å². The Kier molecular flexibility index (Phi) is 4.33. The largest absolute Gasteiger partial charge is 0.496 e. The molecule has 2 rings (SSSR count). The zero-order chi connectivity index (χ0) is 15.4. The van der Waals surface area contributed by atoms with Gasteiger partial charge in [0.25, 0.3) is 0 Å². The summed E-state index contributed by atoms with van der Waals surface area (Å²) in [6.45, 7) is 0. The highest BCUT2D eigenvalue weighted by molar-refractivity contribution is 6.26. The molecular weight excluding hydrogens is 272 g/mol. The van der Waals surface area contributed by atoms with Gasteiger partial charge in [-0.05, 0) is 12.1 Å². The average molecular weight is 286 g/mol. The number of ketones is 2. The van der Waals surface area contributed by atoms with Crippen LogP contribution in [0.15, 0.2) is 42.0 Å². The minimum atomic E-state index is -0.413. The molecule has 0 unspecified atom stereocenters. The second-order valence-corrected chi connectivity index (χ2v) is 4.36. The number of Topliss-reactive ketones (excluding diaryl/α,β-unsaturated/α-hetero) is 1. The van der Waals surface area contributed by atoms with Gasteiger partial charge in [-0.25, -0.2) is 0 Å². The molecule has 0 saturated heterocycles. The van der Waals surface area contributed by atoms with Crippen molar-refractivity contribution >= 4 is 17.5 Å². The Morgan fingerprint density at radius 1 is 1.24 bits per heavy atom. The lowest BCUT2D eigenvalue weighted by molar-refractivity contribution is -0.139. The van der Waals surface area contributed by atoms with Crippen LogP contribution in [-0.4, -0.2) is 31.8 Å². The molecule has 1 aromatic carbocycles. The van der Waals surface area contributed by atoms with Crippen LogP contribution in [0.5, 0.6) is 5.75 Å². The second kappa shape index (κ2) is 6.17.